The molecular formula is C26H37N5O3S. The number of aromatic nitrogens is 1. The summed E-state index contributed by atoms with van der Waals surface area (Å²) in [5, 5.41) is 3.02. The van der Waals surface area contributed by atoms with Gasteiger partial charge in [0.15, 0.2) is 0 Å². The Morgan fingerprint density at radius 1 is 1.00 bits per heavy atom. The van der Waals surface area contributed by atoms with Gasteiger partial charge < -0.3 is 15.1 Å². The van der Waals surface area contributed by atoms with Crippen molar-refractivity contribution in [1.29, 1.82) is 0 Å². The van der Waals surface area contributed by atoms with Gasteiger partial charge in [0, 0.05) is 57.9 Å². The Hall–Kier alpha value is -2.49. The molecular weight excluding hydrogens is 462 g/mol. The van der Waals surface area contributed by atoms with Gasteiger partial charge in [-0.1, -0.05) is 23.8 Å². The minimum absolute atomic E-state index is 0.0205. The minimum Gasteiger partial charge on any atom is -0.354 e. The molecule has 3 heterocycles. The first-order valence-electron chi connectivity index (χ1n) is 12.4. The summed E-state index contributed by atoms with van der Waals surface area (Å²) in [7, 11) is -1.44. The van der Waals surface area contributed by atoms with E-state index in [0.29, 0.717) is 37.4 Å². The molecule has 190 valence electrons. The largest absolute Gasteiger partial charge is 0.354 e. The van der Waals surface area contributed by atoms with Crippen LogP contribution in [0.1, 0.15) is 35.1 Å². The van der Waals surface area contributed by atoms with Crippen LogP contribution in [0.2, 0.25) is 0 Å². The maximum absolute atomic E-state index is 13.3. The molecule has 1 aromatic heterocycles. The molecule has 0 radical (unpaired) electrons. The zero-order valence-electron chi connectivity index (χ0n) is 21.2. The number of carbonyl (C=O) groups excluding carboxylic acids is 1. The predicted octanol–water partition coefficient (Wildman–Crippen LogP) is 2.48. The number of hydrogen-bond donors (Lipinski definition) is 1. The lowest BCUT2D eigenvalue weighted by Crippen LogP contribution is -2.44. The van der Waals surface area contributed by atoms with Crippen LogP contribution in [0, 0.1) is 26.7 Å². The van der Waals surface area contributed by atoms with E-state index in [1.165, 1.54) is 4.31 Å². The van der Waals surface area contributed by atoms with Gasteiger partial charge >= 0.3 is 0 Å². The Bertz CT molecular complexity index is 1130. The lowest BCUT2D eigenvalue weighted by atomic mass is 9.97. The molecule has 0 bridgehead atoms. The molecule has 8 nitrogen and oxygen atoms in total. The molecule has 2 aromatic rings. The van der Waals surface area contributed by atoms with Crippen molar-refractivity contribution in [2.45, 2.75) is 45.1 Å². The number of piperidine rings is 1. The number of hydrogen-bond acceptors (Lipinski definition) is 6. The van der Waals surface area contributed by atoms with Crippen LogP contribution in [0.3, 0.4) is 0 Å². The highest BCUT2D eigenvalue weighted by atomic mass is 32.2. The second-order valence-corrected chi connectivity index (χ2v) is 11.8. The predicted molar refractivity (Wildman–Crippen MR) is 138 cm³/mol. The van der Waals surface area contributed by atoms with Gasteiger partial charge in [-0.25, -0.2) is 13.4 Å². The number of pyridine rings is 1. The number of aryl methyl sites for hydroxylation is 3. The smallest absolute Gasteiger partial charge is 0.243 e. The summed E-state index contributed by atoms with van der Waals surface area (Å²) in [6, 6.07) is 7.85. The van der Waals surface area contributed by atoms with Crippen LogP contribution >= 0.6 is 0 Å². The standard InChI is InChI=1S/C26H37N5O3S/c1-19-15-20(2)25(21(3)16-19)35(33,34)31-9-7-23(8-10-31)26(32)28-18-22-5-6-24(27-17-22)30-13-11-29(4)12-14-30/h5-6,15-17,23H,7-14,18H2,1-4H3,(H,28,32). The number of carbonyl (C=O) groups is 1. The highest BCUT2D eigenvalue weighted by Gasteiger charge is 2.33. The zero-order valence-corrected chi connectivity index (χ0v) is 22.1. The fraction of sp³-hybridized carbons (Fsp3) is 0.538. The van der Waals surface area contributed by atoms with Gasteiger partial charge in [-0.05, 0) is 63.4 Å². The van der Waals surface area contributed by atoms with Crippen LogP contribution in [0.4, 0.5) is 5.82 Å². The van der Waals surface area contributed by atoms with Crippen molar-refractivity contribution in [3.8, 4) is 0 Å². The maximum atomic E-state index is 13.3. The average molecular weight is 500 g/mol. The fourth-order valence-corrected chi connectivity index (χ4v) is 7.02. The Morgan fingerprint density at radius 2 is 1.63 bits per heavy atom. The molecule has 0 atom stereocenters. The van der Waals surface area contributed by atoms with Crippen molar-refractivity contribution in [1.82, 2.24) is 19.5 Å². The zero-order chi connectivity index (χ0) is 25.2. The highest BCUT2D eigenvalue weighted by molar-refractivity contribution is 7.89. The number of nitrogens with one attached hydrogen (secondary N) is 1. The molecule has 0 aliphatic carbocycles. The Balaban J connectivity index is 1.29. The van der Waals surface area contributed by atoms with Gasteiger partial charge in [-0.3, -0.25) is 4.79 Å². The number of anilines is 1. The quantitative estimate of drug-likeness (QED) is 0.657. The third-order valence-electron chi connectivity index (χ3n) is 7.13. The molecule has 35 heavy (non-hydrogen) atoms. The highest BCUT2D eigenvalue weighted by Crippen LogP contribution is 2.29. The SMILES string of the molecule is Cc1cc(C)c(S(=O)(=O)N2CCC(C(=O)NCc3ccc(N4CCN(C)CC4)nc3)CC2)c(C)c1. The molecule has 1 N–H and O–H groups in total. The van der Waals surface area contributed by atoms with Crippen LogP contribution in [-0.2, 0) is 21.4 Å². The fourth-order valence-electron chi connectivity index (χ4n) is 5.14. The number of nitrogens with zero attached hydrogens (tertiary/aromatic N) is 4. The van der Waals surface area contributed by atoms with E-state index in [2.05, 4.69) is 27.1 Å². The van der Waals surface area contributed by atoms with Crippen molar-refractivity contribution in [3.63, 3.8) is 0 Å². The number of likely N-dealkylation sites (N-methyl/N-ethyl adjacent to an activating group) is 1. The first-order valence-corrected chi connectivity index (χ1v) is 13.8. The summed E-state index contributed by atoms with van der Waals surface area (Å²) in [5.41, 5.74) is 3.56. The molecule has 2 saturated heterocycles. The molecule has 2 aliphatic rings. The Morgan fingerprint density at radius 3 is 2.20 bits per heavy atom. The first-order chi connectivity index (χ1) is 16.6. The van der Waals surface area contributed by atoms with Gasteiger partial charge in [0.05, 0.1) is 4.90 Å². The van der Waals surface area contributed by atoms with Gasteiger partial charge in [0.2, 0.25) is 15.9 Å². The number of amides is 1. The Labute approximate surface area is 209 Å². The Kier molecular flexibility index (Phi) is 7.78. The van der Waals surface area contributed by atoms with E-state index >= 15 is 0 Å². The van der Waals surface area contributed by atoms with Gasteiger partial charge in [-0.15, -0.1) is 0 Å². The summed E-state index contributed by atoms with van der Waals surface area (Å²) in [6.45, 7) is 10.8. The number of sulfonamides is 1. The molecule has 0 saturated carbocycles. The van der Waals surface area contributed by atoms with Crippen LogP contribution in [0.5, 0.6) is 0 Å². The van der Waals surface area contributed by atoms with Crippen molar-refractivity contribution in [2.75, 3.05) is 51.2 Å². The summed E-state index contributed by atoms with van der Waals surface area (Å²) in [6.07, 6.45) is 2.88. The third-order valence-corrected chi connectivity index (χ3v) is 9.34. The van der Waals surface area contributed by atoms with Crippen molar-refractivity contribution >= 4 is 21.7 Å². The molecule has 4 rings (SSSR count). The van der Waals surface area contributed by atoms with Crippen molar-refractivity contribution < 1.29 is 13.2 Å². The van der Waals surface area contributed by atoms with Crippen LogP contribution in [0.25, 0.3) is 0 Å². The molecule has 1 amide bonds. The van der Waals surface area contributed by atoms with Crippen molar-refractivity contribution in [3.05, 3.63) is 52.7 Å². The van der Waals surface area contributed by atoms with Crippen molar-refractivity contribution in [2.24, 2.45) is 5.92 Å². The summed E-state index contributed by atoms with van der Waals surface area (Å²) in [4.78, 5) is 22.4. The molecule has 9 heteroatoms. The molecule has 0 spiro atoms. The molecule has 2 aliphatic heterocycles. The van der Waals surface area contributed by atoms with E-state index in [4.69, 9.17) is 0 Å². The maximum Gasteiger partial charge on any atom is 0.243 e. The topological polar surface area (TPSA) is 85.8 Å². The van der Waals surface area contributed by atoms with Crippen LogP contribution < -0.4 is 10.2 Å². The second kappa shape index (κ2) is 10.6. The van der Waals surface area contributed by atoms with E-state index in [1.54, 1.807) is 0 Å². The van der Waals surface area contributed by atoms with E-state index in [1.807, 2.05) is 51.2 Å². The minimum atomic E-state index is -3.57. The van der Waals surface area contributed by atoms with Gasteiger partial charge in [0.25, 0.3) is 0 Å². The normalized spacial score (nSPS) is 18.6. The average Bonchev–Trinajstić information content (AvgIpc) is 2.82. The summed E-state index contributed by atoms with van der Waals surface area (Å²) in [5.74, 6) is 0.771. The number of benzene rings is 1. The third kappa shape index (κ3) is 5.85. The lowest BCUT2D eigenvalue weighted by molar-refractivity contribution is -0.126. The number of rotatable bonds is 6. The molecule has 1 aromatic carbocycles. The van der Waals surface area contributed by atoms with Gasteiger partial charge in [-0.2, -0.15) is 4.31 Å². The number of piperazine rings is 1. The monoisotopic (exact) mass is 499 g/mol. The second-order valence-electron chi connectivity index (χ2n) is 9.94. The van der Waals surface area contributed by atoms with Gasteiger partial charge in [0.1, 0.15) is 5.82 Å². The summed E-state index contributed by atoms with van der Waals surface area (Å²) < 4.78 is 28.1. The van der Waals surface area contributed by atoms with Crippen LogP contribution in [-0.4, -0.2) is 74.8 Å². The van der Waals surface area contributed by atoms with E-state index in [0.717, 1.165) is 54.3 Å². The molecule has 0 unspecified atom stereocenters. The van der Waals surface area contributed by atoms with E-state index in [9.17, 15) is 13.2 Å². The van der Waals surface area contributed by atoms with E-state index in [-0.39, 0.29) is 11.8 Å². The van der Waals surface area contributed by atoms with E-state index < -0.39 is 10.0 Å². The van der Waals surface area contributed by atoms with Crippen LogP contribution in [0.15, 0.2) is 35.4 Å². The first kappa shape index (κ1) is 25.6. The lowest BCUT2D eigenvalue weighted by Gasteiger charge is -2.33. The summed E-state index contributed by atoms with van der Waals surface area (Å²) >= 11 is 0. The molecule has 2 fully saturated rings.